The molecule has 2 atom stereocenters. The van der Waals surface area contributed by atoms with E-state index in [2.05, 4.69) is 5.32 Å². The normalized spacial score (nSPS) is 23.1. The number of rotatable bonds is 5. The molecule has 6 nitrogen and oxygen atoms in total. The van der Waals surface area contributed by atoms with Gasteiger partial charge in [-0.25, -0.2) is 4.79 Å². The molecule has 0 radical (unpaired) electrons. The molecule has 2 aliphatic carbocycles. The lowest BCUT2D eigenvalue weighted by molar-refractivity contribution is -0.144. The van der Waals surface area contributed by atoms with E-state index in [0.717, 1.165) is 54.2 Å². The average molecular weight is 462 g/mol. The fraction of sp³-hybridized carbons (Fsp3) is 0.429. The number of hydrogen-bond donors (Lipinski definition) is 1. The Balaban J connectivity index is 1.51. The predicted octanol–water partition coefficient (Wildman–Crippen LogP) is 5.44. The zero-order valence-corrected chi connectivity index (χ0v) is 20.0. The Kier molecular flexibility index (Phi) is 6.07. The minimum Gasteiger partial charge on any atom is -0.497 e. The first-order valence-electron chi connectivity index (χ1n) is 12.1. The zero-order chi connectivity index (χ0) is 23.8. The molecule has 6 heteroatoms. The number of Topliss-reactive ketones (excluding diaryl/α,β-unsaturated/α-hetero) is 1. The molecule has 1 aromatic carbocycles. The molecule has 0 bridgehead atoms. The zero-order valence-electron chi connectivity index (χ0n) is 20.0. The van der Waals surface area contributed by atoms with Gasteiger partial charge in [0.2, 0.25) is 0 Å². The molecule has 0 amide bonds. The van der Waals surface area contributed by atoms with Crippen molar-refractivity contribution >= 4 is 11.8 Å². The number of ether oxygens (including phenoxy) is 2. The van der Waals surface area contributed by atoms with Crippen molar-refractivity contribution in [1.82, 2.24) is 5.32 Å². The van der Waals surface area contributed by atoms with Crippen LogP contribution in [0.1, 0.15) is 74.4 Å². The number of carbonyl (C=O) groups excluding carboxylic acids is 2. The van der Waals surface area contributed by atoms with E-state index in [1.807, 2.05) is 50.2 Å². The first-order chi connectivity index (χ1) is 16.4. The van der Waals surface area contributed by atoms with Gasteiger partial charge in [0.25, 0.3) is 0 Å². The van der Waals surface area contributed by atoms with Gasteiger partial charge in [-0.2, -0.15) is 0 Å². The van der Waals surface area contributed by atoms with Crippen LogP contribution in [0.25, 0.3) is 0 Å². The number of dihydropyridines is 1. The molecule has 178 valence electrons. The number of methoxy groups -OCH3 is 1. The molecule has 0 spiro atoms. The SMILES string of the molecule is COc1cccc(C2CC(=O)C3=C(C2)NC(C)=C(C(=O)OC2CCCC2)C3c2ccc(C)o2)c1. The molecule has 34 heavy (non-hydrogen) atoms. The second-order valence-electron chi connectivity index (χ2n) is 9.55. The van der Waals surface area contributed by atoms with E-state index in [-0.39, 0.29) is 23.8 Å². The Morgan fingerprint density at radius 2 is 1.88 bits per heavy atom. The van der Waals surface area contributed by atoms with Crippen molar-refractivity contribution in [2.75, 3.05) is 7.11 Å². The average Bonchev–Trinajstić information content (AvgIpc) is 3.49. The Morgan fingerprint density at radius 1 is 1.09 bits per heavy atom. The molecular formula is C28H31NO5. The number of nitrogens with one attached hydrogen (secondary N) is 1. The van der Waals surface area contributed by atoms with Crippen LogP contribution in [0.4, 0.5) is 0 Å². The number of carbonyl (C=O) groups is 2. The van der Waals surface area contributed by atoms with Crippen LogP contribution in [-0.2, 0) is 14.3 Å². The summed E-state index contributed by atoms with van der Waals surface area (Å²) in [4.78, 5) is 27.0. The third-order valence-corrected chi connectivity index (χ3v) is 7.23. The summed E-state index contributed by atoms with van der Waals surface area (Å²) in [6.07, 6.45) is 4.93. The molecule has 1 saturated carbocycles. The van der Waals surface area contributed by atoms with Gasteiger partial charge in [0.05, 0.1) is 18.6 Å². The topological polar surface area (TPSA) is 77.8 Å². The van der Waals surface area contributed by atoms with Crippen molar-refractivity contribution in [3.05, 3.63) is 76.0 Å². The van der Waals surface area contributed by atoms with Crippen molar-refractivity contribution in [2.24, 2.45) is 0 Å². The smallest absolute Gasteiger partial charge is 0.337 e. The third-order valence-electron chi connectivity index (χ3n) is 7.23. The molecule has 5 rings (SSSR count). The van der Waals surface area contributed by atoms with E-state index in [0.29, 0.717) is 29.7 Å². The van der Waals surface area contributed by atoms with Crippen molar-refractivity contribution in [2.45, 2.75) is 70.3 Å². The molecule has 2 aromatic rings. The Bertz CT molecular complexity index is 1180. The summed E-state index contributed by atoms with van der Waals surface area (Å²) < 4.78 is 17.3. The minimum absolute atomic E-state index is 0.0271. The van der Waals surface area contributed by atoms with Crippen LogP contribution >= 0.6 is 0 Å². The van der Waals surface area contributed by atoms with Crippen LogP contribution < -0.4 is 10.1 Å². The van der Waals surface area contributed by atoms with Gasteiger partial charge in [-0.1, -0.05) is 12.1 Å². The van der Waals surface area contributed by atoms with Crippen LogP contribution in [0.3, 0.4) is 0 Å². The van der Waals surface area contributed by atoms with E-state index < -0.39 is 5.92 Å². The molecule has 1 N–H and O–H groups in total. The van der Waals surface area contributed by atoms with Crippen LogP contribution in [0.15, 0.2) is 63.4 Å². The number of benzene rings is 1. The summed E-state index contributed by atoms with van der Waals surface area (Å²) in [5, 5.41) is 3.40. The van der Waals surface area contributed by atoms with Crippen LogP contribution in [0.2, 0.25) is 0 Å². The molecular weight excluding hydrogens is 430 g/mol. The second kappa shape index (κ2) is 9.16. The summed E-state index contributed by atoms with van der Waals surface area (Å²) >= 11 is 0. The van der Waals surface area contributed by atoms with Crippen molar-refractivity contribution in [1.29, 1.82) is 0 Å². The van der Waals surface area contributed by atoms with Crippen molar-refractivity contribution in [3.63, 3.8) is 0 Å². The molecule has 2 heterocycles. The highest BCUT2D eigenvalue weighted by Crippen LogP contribution is 2.46. The first kappa shape index (κ1) is 22.5. The molecule has 2 unspecified atom stereocenters. The fourth-order valence-electron chi connectivity index (χ4n) is 5.55. The second-order valence-corrected chi connectivity index (χ2v) is 9.55. The molecule has 3 aliphatic rings. The van der Waals surface area contributed by atoms with E-state index in [1.165, 1.54) is 0 Å². The predicted molar refractivity (Wildman–Crippen MR) is 127 cm³/mol. The maximum absolute atomic E-state index is 13.6. The molecule has 1 aromatic heterocycles. The highest BCUT2D eigenvalue weighted by molar-refractivity contribution is 6.04. The van der Waals surface area contributed by atoms with E-state index >= 15 is 0 Å². The molecule has 0 saturated heterocycles. The highest BCUT2D eigenvalue weighted by Gasteiger charge is 2.43. The third kappa shape index (κ3) is 4.17. The summed E-state index contributed by atoms with van der Waals surface area (Å²) in [6.45, 7) is 3.76. The van der Waals surface area contributed by atoms with Gasteiger partial charge in [0.1, 0.15) is 23.4 Å². The number of allylic oxidation sites excluding steroid dienone is 3. The van der Waals surface area contributed by atoms with Gasteiger partial charge in [0.15, 0.2) is 5.78 Å². The first-order valence-corrected chi connectivity index (χ1v) is 12.1. The van der Waals surface area contributed by atoms with E-state index in [1.54, 1.807) is 7.11 Å². The molecule has 1 aliphatic heterocycles. The van der Waals surface area contributed by atoms with E-state index in [9.17, 15) is 9.59 Å². The lowest BCUT2D eigenvalue weighted by atomic mass is 9.73. The Morgan fingerprint density at radius 3 is 2.59 bits per heavy atom. The number of aryl methyl sites for hydroxylation is 1. The van der Waals surface area contributed by atoms with Crippen LogP contribution in [0, 0.1) is 6.92 Å². The number of furan rings is 1. The number of hydrogen-bond acceptors (Lipinski definition) is 6. The summed E-state index contributed by atoms with van der Waals surface area (Å²) in [6, 6.07) is 11.6. The van der Waals surface area contributed by atoms with Gasteiger partial charge in [-0.05, 0) is 81.7 Å². The quantitative estimate of drug-likeness (QED) is 0.597. The summed E-state index contributed by atoms with van der Waals surface area (Å²) in [5.74, 6) is 1.28. The van der Waals surface area contributed by atoms with Gasteiger partial charge in [-0.3, -0.25) is 4.79 Å². The van der Waals surface area contributed by atoms with Crippen molar-refractivity contribution < 1.29 is 23.5 Å². The van der Waals surface area contributed by atoms with E-state index in [4.69, 9.17) is 13.9 Å². The van der Waals surface area contributed by atoms with Gasteiger partial charge in [-0.15, -0.1) is 0 Å². The van der Waals surface area contributed by atoms with Gasteiger partial charge in [0, 0.05) is 23.4 Å². The highest BCUT2D eigenvalue weighted by atomic mass is 16.5. The Labute approximate surface area is 200 Å². The maximum atomic E-state index is 13.6. The maximum Gasteiger partial charge on any atom is 0.337 e. The van der Waals surface area contributed by atoms with Crippen LogP contribution in [0.5, 0.6) is 5.75 Å². The number of esters is 1. The molecule has 1 fully saturated rings. The van der Waals surface area contributed by atoms with Gasteiger partial charge >= 0.3 is 5.97 Å². The van der Waals surface area contributed by atoms with Crippen molar-refractivity contribution in [3.8, 4) is 5.75 Å². The Hall–Kier alpha value is -3.28. The monoisotopic (exact) mass is 461 g/mol. The lowest BCUT2D eigenvalue weighted by Gasteiger charge is -2.36. The largest absolute Gasteiger partial charge is 0.497 e. The fourth-order valence-corrected chi connectivity index (χ4v) is 5.55. The standard InChI is InChI=1S/C28H31NO5/c1-16-11-12-24(33-16)27-25(28(31)34-20-8-4-5-9-20)17(2)29-22-14-19(15-23(30)26(22)27)18-7-6-10-21(13-18)32-3/h6-7,10-13,19-20,27,29H,4-5,8-9,14-15H2,1-3H3. The minimum atomic E-state index is -0.558. The lowest BCUT2D eigenvalue weighted by Crippen LogP contribution is -2.36. The number of ketones is 1. The summed E-state index contributed by atoms with van der Waals surface area (Å²) in [7, 11) is 1.64. The van der Waals surface area contributed by atoms with Crippen LogP contribution in [-0.4, -0.2) is 25.0 Å². The van der Waals surface area contributed by atoms with Gasteiger partial charge < -0.3 is 19.2 Å². The summed E-state index contributed by atoms with van der Waals surface area (Å²) in [5.41, 5.74) is 3.75.